The zero-order valence-electron chi connectivity index (χ0n) is 8.33. The molecule has 0 bridgehead atoms. The summed E-state index contributed by atoms with van der Waals surface area (Å²) in [7, 11) is 0. The summed E-state index contributed by atoms with van der Waals surface area (Å²) in [5.41, 5.74) is -0.125. The highest BCUT2D eigenvalue weighted by molar-refractivity contribution is 7.80. The first-order valence-electron chi connectivity index (χ1n) is 4.94. The number of carbonyl (C=O) groups excluding carboxylic acids is 1. The SMILES string of the molecule is O=C1CNC(S)N1CCCn1ccnc1. The van der Waals surface area contributed by atoms with Gasteiger partial charge in [-0.25, -0.2) is 4.98 Å². The van der Waals surface area contributed by atoms with Crippen molar-refractivity contribution in [1.29, 1.82) is 0 Å². The Balaban J connectivity index is 1.76. The summed E-state index contributed by atoms with van der Waals surface area (Å²) in [5, 5.41) is 2.98. The van der Waals surface area contributed by atoms with Crippen molar-refractivity contribution in [3.63, 3.8) is 0 Å². The first-order chi connectivity index (χ1) is 7.27. The molecule has 1 N–H and O–H groups in total. The number of thiol groups is 1. The number of carbonyl (C=O) groups is 1. The molecule has 0 radical (unpaired) electrons. The summed E-state index contributed by atoms with van der Waals surface area (Å²) in [4.78, 5) is 17.1. The maximum atomic E-state index is 11.4. The van der Waals surface area contributed by atoms with E-state index in [0.717, 1.165) is 19.5 Å². The molecule has 0 saturated carbocycles. The molecular weight excluding hydrogens is 212 g/mol. The molecule has 1 saturated heterocycles. The summed E-state index contributed by atoms with van der Waals surface area (Å²) in [5.74, 6) is 0.126. The lowest BCUT2D eigenvalue weighted by molar-refractivity contribution is -0.127. The van der Waals surface area contributed by atoms with Crippen molar-refractivity contribution < 1.29 is 4.79 Å². The lowest BCUT2D eigenvalue weighted by atomic mass is 10.4. The molecule has 2 heterocycles. The van der Waals surface area contributed by atoms with E-state index < -0.39 is 0 Å². The van der Waals surface area contributed by atoms with Gasteiger partial charge in [0, 0.05) is 25.5 Å². The fraction of sp³-hybridized carbons (Fsp3) is 0.556. The van der Waals surface area contributed by atoms with Crippen molar-refractivity contribution >= 4 is 18.5 Å². The second-order valence-corrected chi connectivity index (χ2v) is 3.98. The van der Waals surface area contributed by atoms with E-state index in [2.05, 4.69) is 22.9 Å². The molecule has 1 fully saturated rings. The van der Waals surface area contributed by atoms with Gasteiger partial charge in [0.15, 0.2) is 0 Å². The number of hydrogen-bond donors (Lipinski definition) is 2. The van der Waals surface area contributed by atoms with Crippen LogP contribution in [0.4, 0.5) is 0 Å². The van der Waals surface area contributed by atoms with Gasteiger partial charge in [0.05, 0.1) is 12.9 Å². The highest BCUT2D eigenvalue weighted by Gasteiger charge is 2.26. The van der Waals surface area contributed by atoms with Gasteiger partial charge >= 0.3 is 0 Å². The number of rotatable bonds is 4. The fourth-order valence-corrected chi connectivity index (χ4v) is 1.95. The predicted molar refractivity (Wildman–Crippen MR) is 59.3 cm³/mol. The van der Waals surface area contributed by atoms with E-state index in [1.165, 1.54) is 0 Å². The second-order valence-electron chi connectivity index (χ2n) is 3.50. The molecule has 1 aliphatic rings. The number of nitrogens with zero attached hydrogens (tertiary/aromatic N) is 3. The number of aryl methyl sites for hydroxylation is 1. The average Bonchev–Trinajstić information content (AvgIpc) is 2.82. The topological polar surface area (TPSA) is 50.2 Å². The van der Waals surface area contributed by atoms with E-state index in [4.69, 9.17) is 0 Å². The Bertz CT molecular complexity index is 327. The molecule has 1 aromatic heterocycles. The molecule has 1 unspecified atom stereocenters. The van der Waals surface area contributed by atoms with Crippen LogP contribution in [0.3, 0.4) is 0 Å². The molecule has 0 aromatic carbocycles. The monoisotopic (exact) mass is 226 g/mol. The Labute approximate surface area is 93.9 Å². The van der Waals surface area contributed by atoms with E-state index in [1.54, 1.807) is 17.4 Å². The number of nitrogens with one attached hydrogen (secondary N) is 1. The van der Waals surface area contributed by atoms with Gasteiger partial charge in [-0.15, -0.1) is 12.6 Å². The van der Waals surface area contributed by atoms with E-state index in [9.17, 15) is 4.79 Å². The summed E-state index contributed by atoms with van der Waals surface area (Å²) in [6.45, 7) is 2.02. The maximum Gasteiger partial charge on any atom is 0.238 e. The first-order valence-corrected chi connectivity index (χ1v) is 5.45. The minimum atomic E-state index is -0.125. The zero-order chi connectivity index (χ0) is 10.7. The quantitative estimate of drug-likeness (QED) is 0.706. The van der Waals surface area contributed by atoms with Gasteiger partial charge in [-0.1, -0.05) is 0 Å². The molecule has 1 amide bonds. The first kappa shape index (κ1) is 10.5. The van der Waals surface area contributed by atoms with Gasteiger partial charge in [-0.05, 0) is 6.42 Å². The Kier molecular flexibility index (Phi) is 3.27. The van der Waals surface area contributed by atoms with Gasteiger partial charge in [-0.2, -0.15) is 0 Å². The van der Waals surface area contributed by atoms with Crippen LogP contribution in [0.1, 0.15) is 6.42 Å². The standard InChI is InChI=1S/C9H14N4OS/c14-8-6-11-9(15)13(8)4-1-3-12-5-2-10-7-12/h2,5,7,9,11,15H,1,3-4,6H2. The second kappa shape index (κ2) is 4.67. The molecule has 82 valence electrons. The normalized spacial score (nSPS) is 21.3. The number of aromatic nitrogens is 2. The fourth-order valence-electron chi connectivity index (χ4n) is 1.62. The van der Waals surface area contributed by atoms with Crippen LogP contribution in [-0.2, 0) is 11.3 Å². The summed E-state index contributed by atoms with van der Waals surface area (Å²) in [6, 6.07) is 0. The number of hydrogen-bond acceptors (Lipinski definition) is 4. The van der Waals surface area contributed by atoms with E-state index in [-0.39, 0.29) is 11.4 Å². The molecular formula is C9H14N4OS. The van der Waals surface area contributed by atoms with Crippen LogP contribution in [0.15, 0.2) is 18.7 Å². The molecule has 5 nitrogen and oxygen atoms in total. The minimum Gasteiger partial charge on any atom is -0.337 e. The minimum absolute atomic E-state index is 0.125. The predicted octanol–water partition coefficient (Wildman–Crippen LogP) is -0.0816. The molecule has 0 aliphatic carbocycles. The van der Waals surface area contributed by atoms with Crippen LogP contribution >= 0.6 is 12.6 Å². The van der Waals surface area contributed by atoms with Crippen molar-refractivity contribution in [2.75, 3.05) is 13.1 Å². The van der Waals surface area contributed by atoms with Crippen molar-refractivity contribution in [1.82, 2.24) is 19.8 Å². The third-order valence-corrected chi connectivity index (χ3v) is 2.89. The Morgan fingerprint density at radius 1 is 1.60 bits per heavy atom. The molecule has 15 heavy (non-hydrogen) atoms. The van der Waals surface area contributed by atoms with Crippen LogP contribution in [0, 0.1) is 0 Å². The lowest BCUT2D eigenvalue weighted by Crippen LogP contribution is -2.34. The summed E-state index contributed by atoms with van der Waals surface area (Å²) in [6.07, 6.45) is 6.37. The third kappa shape index (κ3) is 2.51. The van der Waals surface area contributed by atoms with Crippen molar-refractivity contribution in [2.45, 2.75) is 18.5 Å². The van der Waals surface area contributed by atoms with E-state index in [1.807, 2.05) is 10.8 Å². The smallest absolute Gasteiger partial charge is 0.238 e. The Hall–Kier alpha value is -1.01. The molecule has 1 atom stereocenters. The van der Waals surface area contributed by atoms with Crippen molar-refractivity contribution in [3.8, 4) is 0 Å². The van der Waals surface area contributed by atoms with Gasteiger partial charge < -0.3 is 9.47 Å². The Morgan fingerprint density at radius 3 is 3.07 bits per heavy atom. The third-order valence-electron chi connectivity index (χ3n) is 2.43. The molecule has 6 heteroatoms. The summed E-state index contributed by atoms with van der Waals surface area (Å²) >= 11 is 4.27. The van der Waals surface area contributed by atoms with Gasteiger partial charge in [0.1, 0.15) is 5.50 Å². The molecule has 2 rings (SSSR count). The van der Waals surface area contributed by atoms with Crippen LogP contribution in [0.25, 0.3) is 0 Å². The molecule has 1 aromatic rings. The summed E-state index contributed by atoms with van der Waals surface area (Å²) < 4.78 is 2.00. The van der Waals surface area contributed by atoms with Gasteiger partial charge in [0.25, 0.3) is 0 Å². The highest BCUT2D eigenvalue weighted by atomic mass is 32.1. The van der Waals surface area contributed by atoms with Crippen molar-refractivity contribution in [2.24, 2.45) is 0 Å². The van der Waals surface area contributed by atoms with Crippen LogP contribution in [0.5, 0.6) is 0 Å². The van der Waals surface area contributed by atoms with Gasteiger partial charge in [0.2, 0.25) is 5.91 Å². The number of imidazole rings is 1. The van der Waals surface area contributed by atoms with Gasteiger partial charge in [-0.3, -0.25) is 10.1 Å². The number of amides is 1. The van der Waals surface area contributed by atoms with Crippen LogP contribution < -0.4 is 5.32 Å². The van der Waals surface area contributed by atoms with Crippen LogP contribution in [0.2, 0.25) is 0 Å². The average molecular weight is 226 g/mol. The van der Waals surface area contributed by atoms with E-state index >= 15 is 0 Å². The largest absolute Gasteiger partial charge is 0.337 e. The van der Waals surface area contributed by atoms with Crippen molar-refractivity contribution in [3.05, 3.63) is 18.7 Å². The highest BCUT2D eigenvalue weighted by Crippen LogP contribution is 2.08. The maximum absolute atomic E-state index is 11.4. The Morgan fingerprint density at radius 2 is 2.47 bits per heavy atom. The van der Waals surface area contributed by atoms with Crippen LogP contribution in [-0.4, -0.2) is 38.9 Å². The van der Waals surface area contributed by atoms with E-state index in [0.29, 0.717) is 6.54 Å². The zero-order valence-corrected chi connectivity index (χ0v) is 9.23. The lowest BCUT2D eigenvalue weighted by Gasteiger charge is -2.19. The molecule has 0 spiro atoms. The molecule has 1 aliphatic heterocycles.